The van der Waals surface area contributed by atoms with E-state index in [0.717, 1.165) is 38.4 Å². The molecule has 2 aromatic carbocycles. The van der Waals surface area contributed by atoms with Crippen LogP contribution in [0.4, 0.5) is 5.69 Å². The third-order valence-corrected chi connectivity index (χ3v) is 5.31. The molecule has 4 rings (SSSR count). The summed E-state index contributed by atoms with van der Waals surface area (Å²) >= 11 is 0. The summed E-state index contributed by atoms with van der Waals surface area (Å²) in [6.07, 6.45) is -0.862. The maximum absolute atomic E-state index is 12.8. The number of ether oxygens (including phenoxy) is 2. The number of hydrogen-bond acceptors (Lipinski definition) is 4. The zero-order chi connectivity index (χ0) is 20.1. The quantitative estimate of drug-likeness (QED) is 0.666. The van der Waals surface area contributed by atoms with Crippen molar-refractivity contribution in [3.05, 3.63) is 60.2 Å². The number of morpholine rings is 1. The van der Waals surface area contributed by atoms with Gasteiger partial charge in [-0.1, -0.05) is 42.5 Å². The molecule has 0 aromatic heterocycles. The number of carbonyl (C=O) groups excluding carboxylic acids is 2. The summed E-state index contributed by atoms with van der Waals surface area (Å²) in [5.41, 5.74) is 1.69. The van der Waals surface area contributed by atoms with Crippen LogP contribution in [0.25, 0.3) is 0 Å². The van der Waals surface area contributed by atoms with Gasteiger partial charge in [0, 0.05) is 0 Å². The number of quaternary nitrogens is 1. The van der Waals surface area contributed by atoms with Gasteiger partial charge in [-0.3, -0.25) is 9.59 Å². The minimum atomic E-state index is -0.836. The molecule has 0 spiro atoms. The van der Waals surface area contributed by atoms with Gasteiger partial charge in [-0.25, -0.2) is 0 Å². The molecule has 0 radical (unpaired) electrons. The second-order valence-electron chi connectivity index (χ2n) is 7.39. The van der Waals surface area contributed by atoms with Gasteiger partial charge in [0.1, 0.15) is 31.4 Å². The van der Waals surface area contributed by atoms with E-state index in [-0.39, 0.29) is 24.3 Å². The molecule has 7 nitrogen and oxygen atoms in total. The van der Waals surface area contributed by atoms with Crippen LogP contribution in [0.2, 0.25) is 0 Å². The molecule has 1 fully saturated rings. The van der Waals surface area contributed by atoms with Crippen molar-refractivity contribution in [2.24, 2.45) is 0 Å². The van der Waals surface area contributed by atoms with Gasteiger partial charge in [0.2, 0.25) is 5.91 Å². The molecule has 3 N–H and O–H groups in total. The second-order valence-corrected chi connectivity index (χ2v) is 7.39. The summed E-state index contributed by atoms with van der Waals surface area (Å²) in [6.45, 7) is 4.09. The number of benzene rings is 2. The van der Waals surface area contributed by atoms with E-state index in [1.54, 1.807) is 12.1 Å². The van der Waals surface area contributed by atoms with Gasteiger partial charge in [0.05, 0.1) is 25.3 Å². The Morgan fingerprint density at radius 1 is 1.10 bits per heavy atom. The normalized spacial score (nSPS) is 20.1. The molecular formula is C22H26N3O4+. The van der Waals surface area contributed by atoms with Crippen LogP contribution in [-0.2, 0) is 14.3 Å². The average molecular weight is 396 g/mol. The number of para-hydroxylation sites is 2. The molecule has 2 aliphatic rings. The Kier molecular flexibility index (Phi) is 6.07. The Hall–Kier alpha value is -2.90. The van der Waals surface area contributed by atoms with Crippen LogP contribution in [0.3, 0.4) is 0 Å². The SMILES string of the molecule is O=C(C[C@@H]1Oc2ccccc2NC1=O)N[C@H](C[NH+]1CCOCC1)c1ccccc1. The Balaban J connectivity index is 1.41. The molecule has 0 aliphatic carbocycles. The molecule has 7 heteroatoms. The highest BCUT2D eigenvalue weighted by molar-refractivity contribution is 5.99. The predicted octanol–water partition coefficient (Wildman–Crippen LogP) is 0.549. The van der Waals surface area contributed by atoms with Crippen molar-refractivity contribution < 1.29 is 24.0 Å². The van der Waals surface area contributed by atoms with E-state index >= 15 is 0 Å². The van der Waals surface area contributed by atoms with E-state index in [1.807, 2.05) is 42.5 Å². The van der Waals surface area contributed by atoms with Crippen molar-refractivity contribution in [3.63, 3.8) is 0 Å². The van der Waals surface area contributed by atoms with Gasteiger partial charge >= 0.3 is 0 Å². The molecule has 29 heavy (non-hydrogen) atoms. The van der Waals surface area contributed by atoms with Crippen LogP contribution in [-0.4, -0.2) is 50.8 Å². The highest BCUT2D eigenvalue weighted by Crippen LogP contribution is 2.29. The van der Waals surface area contributed by atoms with Crippen molar-refractivity contribution in [3.8, 4) is 5.75 Å². The molecule has 2 amide bonds. The number of fused-ring (bicyclic) bond motifs is 1. The molecule has 0 bridgehead atoms. The predicted molar refractivity (Wildman–Crippen MR) is 108 cm³/mol. The third-order valence-electron chi connectivity index (χ3n) is 5.31. The third kappa shape index (κ3) is 4.93. The van der Waals surface area contributed by atoms with Gasteiger partial charge in [0.25, 0.3) is 5.91 Å². The minimum Gasteiger partial charge on any atom is -0.478 e. The Morgan fingerprint density at radius 2 is 1.83 bits per heavy atom. The van der Waals surface area contributed by atoms with Crippen molar-refractivity contribution in [2.75, 3.05) is 38.2 Å². The van der Waals surface area contributed by atoms with Crippen molar-refractivity contribution in [2.45, 2.75) is 18.6 Å². The van der Waals surface area contributed by atoms with Crippen LogP contribution >= 0.6 is 0 Å². The molecule has 0 unspecified atom stereocenters. The number of nitrogens with one attached hydrogen (secondary N) is 3. The molecule has 2 aliphatic heterocycles. The molecule has 1 saturated heterocycles. The van der Waals surface area contributed by atoms with Gasteiger partial charge in [-0.15, -0.1) is 0 Å². The first-order valence-electron chi connectivity index (χ1n) is 10.0. The molecule has 2 atom stereocenters. The highest BCUT2D eigenvalue weighted by Gasteiger charge is 2.31. The fourth-order valence-electron chi connectivity index (χ4n) is 3.74. The number of anilines is 1. The van der Waals surface area contributed by atoms with Gasteiger partial charge in [-0.05, 0) is 17.7 Å². The average Bonchev–Trinajstić information content (AvgIpc) is 2.75. The van der Waals surface area contributed by atoms with E-state index in [0.29, 0.717) is 11.4 Å². The molecule has 2 heterocycles. The van der Waals surface area contributed by atoms with Crippen molar-refractivity contribution in [1.29, 1.82) is 0 Å². The van der Waals surface area contributed by atoms with Crippen LogP contribution in [0.1, 0.15) is 18.0 Å². The first-order chi connectivity index (χ1) is 14.2. The standard InChI is InChI=1S/C22H25N3O4/c26-21(14-20-22(27)24-17-8-4-5-9-19(17)29-20)23-18(16-6-2-1-3-7-16)15-25-10-12-28-13-11-25/h1-9,18,20H,10-15H2,(H,23,26)(H,24,27)/p+1/t18-,20+/m1/s1. The lowest BCUT2D eigenvalue weighted by Crippen LogP contribution is -3.14. The first-order valence-corrected chi connectivity index (χ1v) is 10.0. The highest BCUT2D eigenvalue weighted by atomic mass is 16.5. The lowest BCUT2D eigenvalue weighted by Gasteiger charge is -2.29. The summed E-state index contributed by atoms with van der Waals surface area (Å²) in [4.78, 5) is 26.5. The number of rotatable bonds is 6. The molecular weight excluding hydrogens is 370 g/mol. The van der Waals surface area contributed by atoms with Gasteiger partial charge in [0.15, 0.2) is 6.10 Å². The van der Waals surface area contributed by atoms with Gasteiger partial charge in [-0.2, -0.15) is 0 Å². The number of amides is 2. The zero-order valence-electron chi connectivity index (χ0n) is 16.2. The van der Waals surface area contributed by atoms with E-state index in [1.165, 1.54) is 4.90 Å². The second kappa shape index (κ2) is 9.07. The van der Waals surface area contributed by atoms with Crippen molar-refractivity contribution >= 4 is 17.5 Å². The van der Waals surface area contributed by atoms with Crippen LogP contribution in [0.5, 0.6) is 5.75 Å². The maximum Gasteiger partial charge on any atom is 0.266 e. The summed E-state index contributed by atoms with van der Waals surface area (Å²) in [6, 6.07) is 17.0. The maximum atomic E-state index is 12.8. The van der Waals surface area contributed by atoms with Gasteiger partial charge < -0.3 is 25.0 Å². The largest absolute Gasteiger partial charge is 0.478 e. The topological polar surface area (TPSA) is 81.1 Å². The fraction of sp³-hybridized carbons (Fsp3) is 0.364. The summed E-state index contributed by atoms with van der Waals surface area (Å²) < 4.78 is 11.2. The Morgan fingerprint density at radius 3 is 2.62 bits per heavy atom. The summed E-state index contributed by atoms with van der Waals surface area (Å²) in [5, 5.41) is 5.92. The van der Waals surface area contributed by atoms with E-state index in [9.17, 15) is 9.59 Å². The van der Waals surface area contributed by atoms with Crippen LogP contribution < -0.4 is 20.3 Å². The minimum absolute atomic E-state index is 0.0258. The summed E-state index contributed by atoms with van der Waals surface area (Å²) in [7, 11) is 0. The van der Waals surface area contributed by atoms with E-state index < -0.39 is 6.10 Å². The monoisotopic (exact) mass is 396 g/mol. The summed E-state index contributed by atoms with van der Waals surface area (Å²) in [5.74, 6) is 0.0854. The molecule has 152 valence electrons. The molecule has 0 saturated carbocycles. The van der Waals surface area contributed by atoms with Crippen molar-refractivity contribution in [1.82, 2.24) is 5.32 Å². The Labute approximate surface area is 170 Å². The Bertz CT molecular complexity index is 852. The lowest BCUT2D eigenvalue weighted by atomic mass is 10.1. The fourth-order valence-corrected chi connectivity index (χ4v) is 3.74. The lowest BCUT2D eigenvalue weighted by molar-refractivity contribution is -0.909. The van der Waals surface area contributed by atoms with E-state index in [4.69, 9.17) is 9.47 Å². The molecule has 2 aromatic rings. The van der Waals surface area contributed by atoms with Crippen LogP contribution in [0, 0.1) is 0 Å². The zero-order valence-corrected chi connectivity index (χ0v) is 16.2. The first kappa shape index (κ1) is 19.4. The van der Waals surface area contributed by atoms with Crippen LogP contribution in [0.15, 0.2) is 54.6 Å². The number of carbonyl (C=O) groups is 2. The smallest absolute Gasteiger partial charge is 0.266 e. The number of hydrogen-bond donors (Lipinski definition) is 3. The van der Waals surface area contributed by atoms with E-state index in [2.05, 4.69) is 10.6 Å².